The largest absolute Gasteiger partial charge is 0.151 e. The molecule has 5 atom stereocenters. The number of rotatable bonds is 12. The molecule has 0 aliphatic rings. The SMILES string of the molecule is CCCCCCC(C(C)C)C(C)C(C)C(C)C(C)CN=O. The normalized spacial score (nSPS) is 19.0. The second-order valence-corrected chi connectivity index (χ2v) is 7.62. The fourth-order valence-electron chi connectivity index (χ4n) is 3.68. The van der Waals surface area contributed by atoms with Crippen LogP contribution in [0.3, 0.4) is 0 Å². The average Bonchev–Trinajstić information content (AvgIpc) is 2.44. The van der Waals surface area contributed by atoms with Gasteiger partial charge in [0.2, 0.25) is 0 Å². The highest BCUT2D eigenvalue weighted by molar-refractivity contribution is 4.79. The van der Waals surface area contributed by atoms with Crippen molar-refractivity contribution in [2.24, 2.45) is 40.7 Å². The Balaban J connectivity index is 4.56. The summed E-state index contributed by atoms with van der Waals surface area (Å²) in [5, 5.41) is 3.10. The van der Waals surface area contributed by atoms with Crippen LogP contribution in [-0.4, -0.2) is 6.54 Å². The van der Waals surface area contributed by atoms with Crippen molar-refractivity contribution in [2.75, 3.05) is 6.54 Å². The van der Waals surface area contributed by atoms with Gasteiger partial charge in [0.15, 0.2) is 0 Å². The molecule has 2 heteroatoms. The van der Waals surface area contributed by atoms with Crippen molar-refractivity contribution >= 4 is 0 Å². The zero-order valence-corrected chi connectivity index (χ0v) is 15.6. The molecule has 0 amide bonds. The zero-order chi connectivity index (χ0) is 16.4. The van der Waals surface area contributed by atoms with Crippen molar-refractivity contribution in [3.8, 4) is 0 Å². The summed E-state index contributed by atoms with van der Waals surface area (Å²) in [5.74, 6) is 3.88. The van der Waals surface area contributed by atoms with E-state index in [1.807, 2.05) is 0 Å². The predicted octanol–water partition coefficient (Wildman–Crippen LogP) is 6.54. The lowest BCUT2D eigenvalue weighted by molar-refractivity contribution is 0.127. The van der Waals surface area contributed by atoms with Crippen LogP contribution in [0.2, 0.25) is 0 Å². The van der Waals surface area contributed by atoms with Crippen LogP contribution in [0, 0.1) is 40.4 Å². The molecule has 0 aliphatic carbocycles. The number of unbranched alkanes of at least 4 members (excludes halogenated alkanes) is 3. The Morgan fingerprint density at radius 2 is 1.43 bits per heavy atom. The molecule has 0 aromatic carbocycles. The first-order valence-electron chi connectivity index (χ1n) is 9.15. The first-order chi connectivity index (χ1) is 9.86. The number of nitrogens with zero attached hydrogens (tertiary/aromatic N) is 1. The maximum atomic E-state index is 10.5. The van der Waals surface area contributed by atoms with Crippen molar-refractivity contribution in [3.05, 3.63) is 4.91 Å². The van der Waals surface area contributed by atoms with Crippen LogP contribution in [0.15, 0.2) is 5.18 Å². The summed E-state index contributed by atoms with van der Waals surface area (Å²) < 4.78 is 0. The van der Waals surface area contributed by atoms with Crippen LogP contribution >= 0.6 is 0 Å². The molecule has 0 radical (unpaired) electrons. The highest BCUT2D eigenvalue weighted by Gasteiger charge is 2.30. The van der Waals surface area contributed by atoms with E-state index in [0.717, 1.165) is 17.8 Å². The Labute approximate surface area is 133 Å². The van der Waals surface area contributed by atoms with Gasteiger partial charge < -0.3 is 0 Å². The predicted molar refractivity (Wildman–Crippen MR) is 94.4 cm³/mol. The highest BCUT2D eigenvalue weighted by Crippen LogP contribution is 2.37. The Bertz CT molecular complexity index is 264. The van der Waals surface area contributed by atoms with E-state index in [1.165, 1.54) is 32.1 Å². The third-order valence-corrected chi connectivity index (χ3v) is 5.84. The summed E-state index contributed by atoms with van der Waals surface area (Å²) in [4.78, 5) is 10.5. The molecule has 0 aliphatic heterocycles. The highest BCUT2D eigenvalue weighted by atomic mass is 16.3. The van der Waals surface area contributed by atoms with Crippen LogP contribution in [0.25, 0.3) is 0 Å². The van der Waals surface area contributed by atoms with Gasteiger partial charge >= 0.3 is 0 Å². The summed E-state index contributed by atoms with van der Waals surface area (Å²) in [6.07, 6.45) is 6.78. The third-order valence-electron chi connectivity index (χ3n) is 5.84. The summed E-state index contributed by atoms with van der Waals surface area (Å²) in [6.45, 7) is 16.7. The Morgan fingerprint density at radius 3 is 1.90 bits per heavy atom. The molecule has 0 fully saturated rings. The van der Waals surface area contributed by atoms with E-state index in [1.54, 1.807) is 0 Å². The van der Waals surface area contributed by atoms with Crippen molar-refractivity contribution in [3.63, 3.8) is 0 Å². The van der Waals surface area contributed by atoms with Crippen LogP contribution in [0.4, 0.5) is 0 Å². The van der Waals surface area contributed by atoms with Crippen molar-refractivity contribution in [1.29, 1.82) is 0 Å². The standard InChI is InChI=1S/C19H39NO/c1-8-9-10-11-12-19(14(2)3)18(7)17(6)16(5)15(4)13-20-21/h14-19H,8-13H2,1-7H3. The third kappa shape index (κ3) is 7.42. The van der Waals surface area contributed by atoms with Crippen LogP contribution in [0.1, 0.15) is 80.6 Å². The fraction of sp³-hybridized carbons (Fsp3) is 1.00. The number of hydrogen-bond donors (Lipinski definition) is 0. The molecular weight excluding hydrogens is 258 g/mol. The van der Waals surface area contributed by atoms with E-state index in [9.17, 15) is 4.91 Å². The molecule has 0 saturated carbocycles. The monoisotopic (exact) mass is 297 g/mol. The van der Waals surface area contributed by atoms with E-state index in [2.05, 4.69) is 53.6 Å². The molecule has 21 heavy (non-hydrogen) atoms. The minimum absolute atomic E-state index is 0.396. The molecule has 0 rings (SSSR count). The topological polar surface area (TPSA) is 29.4 Å². The molecular formula is C19H39NO. The van der Waals surface area contributed by atoms with Crippen LogP contribution in [-0.2, 0) is 0 Å². The summed E-state index contributed by atoms with van der Waals surface area (Å²) >= 11 is 0. The molecule has 2 nitrogen and oxygen atoms in total. The van der Waals surface area contributed by atoms with Gasteiger partial charge in [-0.05, 0) is 41.9 Å². The van der Waals surface area contributed by atoms with Gasteiger partial charge in [-0.3, -0.25) is 0 Å². The zero-order valence-electron chi connectivity index (χ0n) is 15.6. The molecule has 0 bridgehead atoms. The van der Waals surface area contributed by atoms with Gasteiger partial charge in [0, 0.05) is 0 Å². The fourth-order valence-corrected chi connectivity index (χ4v) is 3.68. The van der Waals surface area contributed by atoms with Crippen LogP contribution in [0.5, 0.6) is 0 Å². The average molecular weight is 298 g/mol. The van der Waals surface area contributed by atoms with Gasteiger partial charge in [-0.2, -0.15) is 4.91 Å². The smallest absolute Gasteiger partial charge is 0.0839 e. The molecule has 0 spiro atoms. The summed E-state index contributed by atoms with van der Waals surface area (Å²) in [5.41, 5.74) is 0. The van der Waals surface area contributed by atoms with E-state index in [4.69, 9.17) is 0 Å². The van der Waals surface area contributed by atoms with Gasteiger partial charge in [-0.1, -0.05) is 79.3 Å². The van der Waals surface area contributed by atoms with E-state index >= 15 is 0 Å². The van der Waals surface area contributed by atoms with Crippen molar-refractivity contribution < 1.29 is 0 Å². The molecule has 5 unspecified atom stereocenters. The lowest BCUT2D eigenvalue weighted by Crippen LogP contribution is -2.30. The molecule has 0 saturated heterocycles. The van der Waals surface area contributed by atoms with Gasteiger partial charge in [0.25, 0.3) is 0 Å². The molecule has 0 N–H and O–H groups in total. The van der Waals surface area contributed by atoms with Crippen LogP contribution < -0.4 is 0 Å². The summed E-state index contributed by atoms with van der Waals surface area (Å²) in [6, 6.07) is 0. The number of nitroso groups, excluding NO2 is 1. The molecule has 0 aromatic heterocycles. The Kier molecular flexibility index (Phi) is 11.0. The number of hydrogen-bond acceptors (Lipinski definition) is 2. The van der Waals surface area contributed by atoms with Gasteiger partial charge in [-0.15, -0.1) is 0 Å². The van der Waals surface area contributed by atoms with E-state index < -0.39 is 0 Å². The minimum Gasteiger partial charge on any atom is -0.151 e. The van der Waals surface area contributed by atoms with Gasteiger partial charge in [0.05, 0.1) is 6.54 Å². The van der Waals surface area contributed by atoms with Gasteiger partial charge in [0.1, 0.15) is 0 Å². The van der Waals surface area contributed by atoms with E-state index in [-0.39, 0.29) is 0 Å². The molecule has 0 aromatic rings. The minimum atomic E-state index is 0.396. The van der Waals surface area contributed by atoms with Crippen molar-refractivity contribution in [1.82, 2.24) is 0 Å². The lowest BCUT2D eigenvalue weighted by Gasteiger charge is -2.36. The maximum Gasteiger partial charge on any atom is 0.0839 e. The van der Waals surface area contributed by atoms with Crippen molar-refractivity contribution in [2.45, 2.75) is 80.6 Å². The molecule has 126 valence electrons. The first-order valence-corrected chi connectivity index (χ1v) is 9.15. The molecule has 0 heterocycles. The van der Waals surface area contributed by atoms with Gasteiger partial charge in [-0.25, -0.2) is 0 Å². The second kappa shape index (κ2) is 11.2. The Morgan fingerprint density at radius 1 is 0.810 bits per heavy atom. The van der Waals surface area contributed by atoms with E-state index in [0.29, 0.717) is 24.3 Å². The summed E-state index contributed by atoms with van der Waals surface area (Å²) in [7, 11) is 0. The Hall–Kier alpha value is -0.400. The first kappa shape index (κ1) is 20.6. The quantitative estimate of drug-likeness (QED) is 0.297. The maximum absolute atomic E-state index is 10.5. The lowest BCUT2D eigenvalue weighted by atomic mass is 9.69. The second-order valence-electron chi connectivity index (χ2n) is 7.62.